The summed E-state index contributed by atoms with van der Waals surface area (Å²) in [5, 5.41) is 0. The SMILES string of the molecule is O=S([O-])O.O=S([O-])O.[Li+].[Na+]. The maximum atomic E-state index is 8.56. The molecule has 10 heteroatoms. The van der Waals surface area contributed by atoms with Gasteiger partial charge in [0.05, 0.1) is 22.7 Å². The molecule has 52 valence electrons. The maximum absolute atomic E-state index is 8.56. The van der Waals surface area contributed by atoms with Crippen LogP contribution in [0.4, 0.5) is 0 Å². The van der Waals surface area contributed by atoms with Crippen molar-refractivity contribution in [2.75, 3.05) is 0 Å². The third-order valence-electron chi connectivity index (χ3n) is 0. The molecule has 0 aliphatic rings. The molecule has 0 aromatic rings. The molecule has 6 nitrogen and oxygen atoms in total. The molecular weight excluding hydrogens is 190 g/mol. The fourth-order valence-electron chi connectivity index (χ4n) is 0. The largest absolute Gasteiger partial charge is 1.00 e. The minimum absolute atomic E-state index is 0. The number of hydrogen-bond donors (Lipinski definition) is 2. The molecule has 0 aliphatic carbocycles. The molecule has 0 aromatic carbocycles. The molecule has 2 N–H and O–H groups in total. The first-order chi connectivity index (χ1) is 3.46. The van der Waals surface area contributed by atoms with E-state index in [4.69, 9.17) is 26.6 Å². The van der Waals surface area contributed by atoms with Crippen molar-refractivity contribution in [3.05, 3.63) is 0 Å². The van der Waals surface area contributed by atoms with E-state index in [-0.39, 0.29) is 48.4 Å². The molecule has 0 spiro atoms. The van der Waals surface area contributed by atoms with E-state index in [0.29, 0.717) is 0 Å². The van der Waals surface area contributed by atoms with Crippen molar-refractivity contribution in [1.82, 2.24) is 0 Å². The van der Waals surface area contributed by atoms with Gasteiger partial charge >= 0.3 is 48.4 Å². The van der Waals surface area contributed by atoms with Crippen LogP contribution in [0, 0.1) is 0 Å². The van der Waals surface area contributed by atoms with Crippen molar-refractivity contribution < 1.29 is 75.0 Å². The molecule has 0 radical (unpaired) electrons. The minimum Gasteiger partial charge on any atom is -0.750 e. The summed E-state index contributed by atoms with van der Waals surface area (Å²) in [5.74, 6) is 0. The zero-order valence-electron chi connectivity index (χ0n) is 5.34. The van der Waals surface area contributed by atoms with Gasteiger partial charge in [0.15, 0.2) is 0 Å². The molecule has 0 heterocycles. The fraction of sp³-hybridized carbons (Fsp3) is 0. The van der Waals surface area contributed by atoms with E-state index in [1.807, 2.05) is 0 Å². The third kappa shape index (κ3) is 246. The van der Waals surface area contributed by atoms with Crippen LogP contribution < -0.4 is 48.4 Å². The number of rotatable bonds is 0. The molecule has 0 saturated heterocycles. The molecule has 0 rings (SSSR count). The maximum Gasteiger partial charge on any atom is 1.00 e. The quantitative estimate of drug-likeness (QED) is 0.290. The average Bonchev–Trinajstić information content (AvgIpc) is 1.25. The topological polar surface area (TPSA) is 121 Å². The molecule has 0 aromatic heterocycles. The van der Waals surface area contributed by atoms with Crippen molar-refractivity contribution in [2.45, 2.75) is 0 Å². The molecule has 0 bridgehead atoms. The second-order valence-corrected chi connectivity index (χ2v) is 1.30. The standard InChI is InChI=1S/Li.Na.2H2O3S/c;;2*1-4(2)3/h;;2*(H2,1,2,3)/q2*+1;;/p-2. The Bertz CT molecular complexity index is 73.7. The van der Waals surface area contributed by atoms with E-state index in [1.165, 1.54) is 0 Å². The van der Waals surface area contributed by atoms with E-state index >= 15 is 0 Å². The number of hydrogen-bond acceptors (Lipinski definition) is 4. The van der Waals surface area contributed by atoms with Gasteiger partial charge in [-0.05, 0) is 0 Å². The van der Waals surface area contributed by atoms with E-state index in [0.717, 1.165) is 0 Å². The van der Waals surface area contributed by atoms with Crippen LogP contribution in [0.1, 0.15) is 0 Å². The summed E-state index contributed by atoms with van der Waals surface area (Å²) >= 11 is -5.72. The van der Waals surface area contributed by atoms with Gasteiger partial charge in [0.25, 0.3) is 0 Å². The van der Waals surface area contributed by atoms with Crippen molar-refractivity contribution in [2.24, 2.45) is 0 Å². The van der Waals surface area contributed by atoms with Crippen LogP contribution in [0.3, 0.4) is 0 Å². The summed E-state index contributed by atoms with van der Waals surface area (Å²) in [7, 11) is 0. The first-order valence-corrected chi connectivity index (χ1v) is 3.10. The predicted molar refractivity (Wildman–Crippen MR) is 23.1 cm³/mol. The summed E-state index contributed by atoms with van der Waals surface area (Å²) in [5.41, 5.74) is 0. The Morgan fingerprint density at radius 2 is 1.00 bits per heavy atom. The molecule has 2 unspecified atom stereocenters. The smallest absolute Gasteiger partial charge is 0.750 e. The van der Waals surface area contributed by atoms with E-state index in [9.17, 15) is 0 Å². The Kier molecular flexibility index (Phi) is 38.4. The van der Waals surface area contributed by atoms with Crippen molar-refractivity contribution >= 4 is 22.7 Å². The fourth-order valence-corrected chi connectivity index (χ4v) is 0. The Morgan fingerprint density at radius 1 is 1.00 bits per heavy atom. The van der Waals surface area contributed by atoms with Crippen LogP contribution >= 0.6 is 0 Å². The van der Waals surface area contributed by atoms with Crippen LogP contribution in [-0.2, 0) is 22.7 Å². The molecule has 10 heavy (non-hydrogen) atoms. The van der Waals surface area contributed by atoms with E-state index in [2.05, 4.69) is 0 Å². The average molecular weight is 192 g/mol. The van der Waals surface area contributed by atoms with Crippen molar-refractivity contribution in [3.63, 3.8) is 0 Å². The monoisotopic (exact) mass is 192 g/mol. The van der Waals surface area contributed by atoms with Gasteiger partial charge in [0.1, 0.15) is 0 Å². The summed E-state index contributed by atoms with van der Waals surface area (Å²) in [6.45, 7) is 0. The van der Waals surface area contributed by atoms with Crippen molar-refractivity contribution in [1.29, 1.82) is 0 Å². The molecule has 2 atom stereocenters. The van der Waals surface area contributed by atoms with Crippen LogP contribution in [0.2, 0.25) is 0 Å². The van der Waals surface area contributed by atoms with Gasteiger partial charge in [-0.15, -0.1) is 0 Å². The normalized spacial score (nSPS) is 12.4. The van der Waals surface area contributed by atoms with E-state index in [1.54, 1.807) is 0 Å². The van der Waals surface area contributed by atoms with Gasteiger partial charge in [-0.25, -0.2) is 8.42 Å². The van der Waals surface area contributed by atoms with Gasteiger partial charge < -0.3 is 18.2 Å². The van der Waals surface area contributed by atoms with Crippen LogP contribution in [0.5, 0.6) is 0 Å². The molecule has 0 saturated carbocycles. The minimum atomic E-state index is -2.86. The van der Waals surface area contributed by atoms with Crippen LogP contribution in [0.25, 0.3) is 0 Å². The second-order valence-electron chi connectivity index (χ2n) is 0.434. The van der Waals surface area contributed by atoms with Gasteiger partial charge in [0.2, 0.25) is 0 Å². The van der Waals surface area contributed by atoms with Gasteiger partial charge in [0, 0.05) is 0 Å². The van der Waals surface area contributed by atoms with Crippen LogP contribution in [-0.4, -0.2) is 26.6 Å². The zero-order valence-corrected chi connectivity index (χ0v) is 8.98. The summed E-state index contributed by atoms with van der Waals surface area (Å²) < 4.78 is 48.2. The van der Waals surface area contributed by atoms with E-state index < -0.39 is 22.7 Å². The molecule has 0 aliphatic heterocycles. The molecule has 0 amide bonds. The van der Waals surface area contributed by atoms with Gasteiger partial charge in [-0.3, -0.25) is 0 Å². The third-order valence-corrected chi connectivity index (χ3v) is 0. The zero-order chi connectivity index (χ0) is 7.15. The predicted octanol–water partition coefficient (Wildman–Crippen LogP) is -7.31. The summed E-state index contributed by atoms with van der Waals surface area (Å²) in [4.78, 5) is 0. The first kappa shape index (κ1) is 22.6. The summed E-state index contributed by atoms with van der Waals surface area (Å²) in [6, 6.07) is 0. The Hall–Kier alpha value is 1.74. The van der Waals surface area contributed by atoms with Gasteiger partial charge in [-0.1, -0.05) is 0 Å². The second kappa shape index (κ2) is 17.0. The molecular formula is H2LiNaO6S2. The first-order valence-electron chi connectivity index (χ1n) is 1.03. The van der Waals surface area contributed by atoms with Crippen LogP contribution in [0.15, 0.2) is 0 Å². The Morgan fingerprint density at radius 3 is 1.00 bits per heavy atom. The Balaban J connectivity index is -0.0000000300. The summed E-state index contributed by atoms with van der Waals surface area (Å²) in [6.07, 6.45) is 0. The van der Waals surface area contributed by atoms with Crippen molar-refractivity contribution in [3.8, 4) is 0 Å². The Labute approximate surface area is 96.9 Å². The molecule has 0 fully saturated rings. The van der Waals surface area contributed by atoms with Gasteiger partial charge in [-0.2, -0.15) is 0 Å².